The van der Waals surface area contributed by atoms with E-state index in [0.29, 0.717) is 5.69 Å². The second kappa shape index (κ2) is 7.35. The number of rotatable bonds is 5. The van der Waals surface area contributed by atoms with E-state index < -0.39 is 5.91 Å². The molecule has 0 heterocycles. The lowest BCUT2D eigenvalue weighted by molar-refractivity contribution is -0.110. The van der Waals surface area contributed by atoms with Gasteiger partial charge in [0.15, 0.2) is 0 Å². The smallest absolute Gasteiger partial charge is 0.270 e. The van der Waals surface area contributed by atoms with Gasteiger partial charge in [-0.1, -0.05) is 41.6 Å². The van der Waals surface area contributed by atoms with Crippen molar-refractivity contribution in [1.82, 2.24) is 0 Å². The maximum Gasteiger partial charge on any atom is 0.270 e. The number of amides is 1. The highest BCUT2D eigenvalue weighted by Crippen LogP contribution is 2.25. The molecule has 0 radical (unpaired) electrons. The first-order chi connectivity index (χ1) is 9.78. The Bertz CT molecular complexity index is 600. The van der Waals surface area contributed by atoms with Crippen molar-refractivity contribution >= 4 is 29.6 Å². The van der Waals surface area contributed by atoms with Crippen molar-refractivity contribution in [3.63, 3.8) is 0 Å². The Labute approximate surface area is 121 Å². The molecule has 0 aliphatic carbocycles. The molecule has 2 aromatic carbocycles. The third-order valence-electron chi connectivity index (χ3n) is 2.52. The van der Waals surface area contributed by atoms with Gasteiger partial charge < -0.3 is 10.5 Å². The van der Waals surface area contributed by atoms with Gasteiger partial charge in [-0.3, -0.25) is 4.79 Å². The number of benzene rings is 2. The van der Waals surface area contributed by atoms with Gasteiger partial charge in [-0.05, 0) is 23.8 Å². The van der Waals surface area contributed by atoms with Crippen LogP contribution in [0.1, 0.15) is 5.56 Å². The van der Waals surface area contributed by atoms with Gasteiger partial charge >= 0.3 is 0 Å². The highest BCUT2D eigenvalue weighted by molar-refractivity contribution is 7.98. The number of carbonyl (C=O) groups is 1. The van der Waals surface area contributed by atoms with E-state index in [1.54, 1.807) is 17.8 Å². The zero-order valence-corrected chi connectivity index (χ0v) is 11.5. The molecule has 0 unspecified atom stereocenters. The lowest BCUT2D eigenvalue weighted by Gasteiger charge is -2.05. The fourth-order valence-corrected chi connectivity index (χ4v) is 2.54. The van der Waals surface area contributed by atoms with Crippen LogP contribution in [0.15, 0.2) is 64.6 Å². The highest BCUT2D eigenvalue weighted by atomic mass is 32.2. The maximum absolute atomic E-state index is 11.3. The van der Waals surface area contributed by atoms with E-state index in [-0.39, 0.29) is 0 Å². The largest absolute Gasteiger partial charge is 0.411 e. The Hall–Kier alpha value is -2.27. The van der Waals surface area contributed by atoms with Crippen LogP contribution in [0.3, 0.4) is 0 Å². The second-order valence-electron chi connectivity index (χ2n) is 4.04. The molecule has 2 aromatic rings. The Morgan fingerprint density at radius 3 is 2.75 bits per heavy atom. The molecule has 0 fully saturated rings. The SMILES string of the molecule is O=C(/C=N\O)Nc1cccc(SCc2ccccc2)c1. The van der Waals surface area contributed by atoms with Gasteiger partial charge in [0.2, 0.25) is 0 Å². The molecular formula is C15H14N2O2S. The standard InChI is InChI=1S/C15H14N2O2S/c18-15(10-16-19)17-13-7-4-8-14(9-13)20-11-12-5-2-1-3-6-12/h1-10,19H,11H2,(H,17,18)/b16-10-. The summed E-state index contributed by atoms with van der Waals surface area (Å²) in [6, 6.07) is 17.7. The van der Waals surface area contributed by atoms with Crippen LogP contribution < -0.4 is 5.32 Å². The van der Waals surface area contributed by atoms with E-state index in [1.807, 2.05) is 36.4 Å². The van der Waals surface area contributed by atoms with Crippen molar-refractivity contribution in [3.8, 4) is 0 Å². The Balaban J connectivity index is 1.97. The van der Waals surface area contributed by atoms with Crippen molar-refractivity contribution < 1.29 is 10.0 Å². The molecular weight excluding hydrogens is 272 g/mol. The van der Waals surface area contributed by atoms with Crippen molar-refractivity contribution in [2.45, 2.75) is 10.6 Å². The number of hydrogen-bond acceptors (Lipinski definition) is 4. The summed E-state index contributed by atoms with van der Waals surface area (Å²) in [5, 5.41) is 13.6. The quantitative estimate of drug-likeness (QED) is 0.383. The van der Waals surface area contributed by atoms with Crippen LogP contribution in [0.2, 0.25) is 0 Å². The number of thioether (sulfide) groups is 1. The molecule has 102 valence electrons. The topological polar surface area (TPSA) is 61.7 Å². The molecule has 0 aliphatic rings. The third-order valence-corrected chi connectivity index (χ3v) is 3.59. The average molecular weight is 286 g/mol. The van der Waals surface area contributed by atoms with Gasteiger partial charge in [-0.15, -0.1) is 11.8 Å². The number of nitrogens with zero attached hydrogens (tertiary/aromatic N) is 1. The van der Waals surface area contributed by atoms with E-state index in [9.17, 15) is 4.79 Å². The van der Waals surface area contributed by atoms with E-state index in [4.69, 9.17) is 5.21 Å². The number of nitrogens with one attached hydrogen (secondary N) is 1. The predicted octanol–water partition coefficient (Wildman–Crippen LogP) is 3.38. The second-order valence-corrected chi connectivity index (χ2v) is 5.08. The third kappa shape index (κ3) is 4.44. The zero-order valence-electron chi connectivity index (χ0n) is 10.7. The molecule has 0 atom stereocenters. The summed E-state index contributed by atoms with van der Waals surface area (Å²) < 4.78 is 0. The minimum Gasteiger partial charge on any atom is -0.411 e. The minimum absolute atomic E-state index is 0.460. The molecule has 1 amide bonds. The highest BCUT2D eigenvalue weighted by Gasteiger charge is 2.01. The molecule has 2 N–H and O–H groups in total. The number of carbonyl (C=O) groups excluding carboxylic acids is 1. The fourth-order valence-electron chi connectivity index (χ4n) is 1.63. The summed E-state index contributed by atoms with van der Waals surface area (Å²) in [4.78, 5) is 12.3. The van der Waals surface area contributed by atoms with Crippen molar-refractivity contribution in [3.05, 3.63) is 60.2 Å². The number of hydrogen-bond donors (Lipinski definition) is 2. The van der Waals surface area contributed by atoms with Gasteiger partial charge in [-0.25, -0.2) is 0 Å². The van der Waals surface area contributed by atoms with Crippen LogP contribution >= 0.6 is 11.8 Å². The van der Waals surface area contributed by atoms with Crippen LogP contribution in [0.25, 0.3) is 0 Å². The Morgan fingerprint density at radius 1 is 1.20 bits per heavy atom. The molecule has 0 spiro atoms. The van der Waals surface area contributed by atoms with Gasteiger partial charge in [0, 0.05) is 16.3 Å². The van der Waals surface area contributed by atoms with E-state index >= 15 is 0 Å². The first-order valence-electron chi connectivity index (χ1n) is 6.03. The molecule has 5 heteroatoms. The molecule has 0 bridgehead atoms. The normalized spacial score (nSPS) is 10.6. The molecule has 4 nitrogen and oxygen atoms in total. The van der Waals surface area contributed by atoms with Crippen molar-refractivity contribution in [1.29, 1.82) is 0 Å². The first kappa shape index (κ1) is 14.1. The Morgan fingerprint density at radius 2 is 2.00 bits per heavy atom. The van der Waals surface area contributed by atoms with Crippen LogP contribution in [0, 0.1) is 0 Å². The van der Waals surface area contributed by atoms with E-state index in [1.165, 1.54) is 5.56 Å². The molecule has 2 rings (SSSR count). The predicted molar refractivity (Wildman–Crippen MR) is 81.4 cm³/mol. The lowest BCUT2D eigenvalue weighted by atomic mass is 10.2. The van der Waals surface area contributed by atoms with Crippen molar-refractivity contribution in [2.24, 2.45) is 5.16 Å². The summed E-state index contributed by atoms with van der Waals surface area (Å²) in [5.74, 6) is 0.411. The van der Waals surface area contributed by atoms with Gasteiger partial charge in [0.1, 0.15) is 6.21 Å². The fraction of sp³-hybridized carbons (Fsp3) is 0.0667. The number of oxime groups is 1. The minimum atomic E-state index is -0.460. The van der Waals surface area contributed by atoms with E-state index in [2.05, 4.69) is 22.6 Å². The summed E-state index contributed by atoms with van der Waals surface area (Å²) in [6.45, 7) is 0. The van der Waals surface area contributed by atoms with Crippen molar-refractivity contribution in [2.75, 3.05) is 5.32 Å². The van der Waals surface area contributed by atoms with Crippen LogP contribution in [-0.2, 0) is 10.5 Å². The average Bonchev–Trinajstić information content (AvgIpc) is 2.47. The molecule has 0 aliphatic heterocycles. The lowest BCUT2D eigenvalue weighted by Crippen LogP contribution is -2.12. The summed E-state index contributed by atoms with van der Waals surface area (Å²) >= 11 is 1.69. The van der Waals surface area contributed by atoms with E-state index in [0.717, 1.165) is 16.9 Å². The monoisotopic (exact) mass is 286 g/mol. The van der Waals surface area contributed by atoms with Crippen LogP contribution in [-0.4, -0.2) is 17.3 Å². The first-order valence-corrected chi connectivity index (χ1v) is 7.02. The van der Waals surface area contributed by atoms with Gasteiger partial charge in [0.25, 0.3) is 5.91 Å². The molecule has 0 saturated heterocycles. The zero-order chi connectivity index (χ0) is 14.2. The maximum atomic E-state index is 11.3. The number of anilines is 1. The Kier molecular flexibility index (Phi) is 5.20. The molecule has 0 saturated carbocycles. The van der Waals surface area contributed by atoms with Crippen LogP contribution in [0.5, 0.6) is 0 Å². The molecule has 20 heavy (non-hydrogen) atoms. The summed E-state index contributed by atoms with van der Waals surface area (Å²) in [6.07, 6.45) is 0.823. The summed E-state index contributed by atoms with van der Waals surface area (Å²) in [5.41, 5.74) is 1.92. The van der Waals surface area contributed by atoms with Crippen LogP contribution in [0.4, 0.5) is 5.69 Å². The summed E-state index contributed by atoms with van der Waals surface area (Å²) in [7, 11) is 0. The van der Waals surface area contributed by atoms with Gasteiger partial charge in [0.05, 0.1) is 0 Å². The molecule has 0 aromatic heterocycles. The van der Waals surface area contributed by atoms with Gasteiger partial charge in [-0.2, -0.15) is 0 Å².